The lowest BCUT2D eigenvalue weighted by Gasteiger charge is -2.27. The molecule has 1 amide bonds. The third-order valence-electron chi connectivity index (χ3n) is 3.52. The van der Waals surface area contributed by atoms with Gasteiger partial charge in [-0.05, 0) is 37.0 Å². The fourth-order valence-electron chi connectivity index (χ4n) is 2.36. The summed E-state index contributed by atoms with van der Waals surface area (Å²) in [6.07, 6.45) is 4.74. The van der Waals surface area contributed by atoms with E-state index >= 15 is 0 Å². The number of alkyl halides is 1. The Hall–Kier alpha value is -0.610. The normalized spacial score (nSPS) is 23.1. The molecule has 19 heavy (non-hydrogen) atoms. The van der Waals surface area contributed by atoms with E-state index in [9.17, 15) is 9.18 Å². The zero-order chi connectivity index (χ0) is 13.8. The standard InChI is InChI=1S/C14H16BrClFNO/c15-11-4-2-1-3-10(11)8-18-14(19)9-5-6-13(17)12(16)7-9/h5-7,10-11H,1-4,8H2,(H,18,19). The van der Waals surface area contributed by atoms with Gasteiger partial charge in [-0.15, -0.1) is 0 Å². The number of hydrogen-bond acceptors (Lipinski definition) is 1. The molecule has 0 heterocycles. The highest BCUT2D eigenvalue weighted by Gasteiger charge is 2.23. The first-order valence-corrected chi connectivity index (χ1v) is 7.74. The van der Waals surface area contributed by atoms with E-state index in [0.29, 0.717) is 22.9 Å². The first-order valence-electron chi connectivity index (χ1n) is 6.45. The van der Waals surface area contributed by atoms with E-state index in [0.717, 1.165) is 12.8 Å². The Morgan fingerprint density at radius 2 is 2.16 bits per heavy atom. The number of halogens is 3. The number of nitrogens with one attached hydrogen (secondary N) is 1. The van der Waals surface area contributed by atoms with Gasteiger partial charge in [-0.1, -0.05) is 40.4 Å². The zero-order valence-corrected chi connectivity index (χ0v) is 12.8. The van der Waals surface area contributed by atoms with E-state index in [1.165, 1.54) is 31.0 Å². The molecule has 0 aliphatic heterocycles. The maximum atomic E-state index is 13.0. The minimum absolute atomic E-state index is 0.0244. The summed E-state index contributed by atoms with van der Waals surface area (Å²) in [6, 6.07) is 4.02. The molecule has 2 unspecified atom stereocenters. The van der Waals surface area contributed by atoms with Crippen molar-refractivity contribution >= 4 is 33.4 Å². The lowest BCUT2D eigenvalue weighted by Crippen LogP contribution is -2.34. The van der Waals surface area contributed by atoms with Crippen LogP contribution in [0.2, 0.25) is 5.02 Å². The van der Waals surface area contributed by atoms with Crippen LogP contribution in [0.4, 0.5) is 4.39 Å². The van der Waals surface area contributed by atoms with Gasteiger partial charge in [-0.2, -0.15) is 0 Å². The lowest BCUT2D eigenvalue weighted by molar-refractivity contribution is 0.0944. The Balaban J connectivity index is 1.91. The first kappa shape index (κ1) is 14.8. The summed E-state index contributed by atoms with van der Waals surface area (Å²) in [4.78, 5) is 12.4. The van der Waals surface area contributed by atoms with E-state index in [-0.39, 0.29) is 10.9 Å². The van der Waals surface area contributed by atoms with Gasteiger partial charge in [0.1, 0.15) is 5.82 Å². The smallest absolute Gasteiger partial charge is 0.251 e. The van der Waals surface area contributed by atoms with Gasteiger partial charge in [0.25, 0.3) is 5.91 Å². The molecule has 104 valence electrons. The lowest BCUT2D eigenvalue weighted by atomic mass is 9.89. The van der Waals surface area contributed by atoms with Gasteiger partial charge in [0.15, 0.2) is 0 Å². The van der Waals surface area contributed by atoms with Crippen LogP contribution >= 0.6 is 27.5 Å². The van der Waals surface area contributed by atoms with Crippen LogP contribution in [0.3, 0.4) is 0 Å². The Morgan fingerprint density at radius 3 is 2.84 bits per heavy atom. The molecule has 0 aromatic heterocycles. The topological polar surface area (TPSA) is 29.1 Å². The highest BCUT2D eigenvalue weighted by Crippen LogP contribution is 2.29. The highest BCUT2D eigenvalue weighted by atomic mass is 79.9. The van der Waals surface area contributed by atoms with E-state index in [1.54, 1.807) is 0 Å². The summed E-state index contributed by atoms with van der Waals surface area (Å²) in [5.74, 6) is -0.244. The van der Waals surface area contributed by atoms with Gasteiger partial charge in [-0.3, -0.25) is 4.79 Å². The van der Waals surface area contributed by atoms with Crippen LogP contribution in [0, 0.1) is 11.7 Å². The molecule has 2 rings (SSSR count). The van der Waals surface area contributed by atoms with Gasteiger partial charge in [0.2, 0.25) is 0 Å². The van der Waals surface area contributed by atoms with Crippen molar-refractivity contribution in [2.45, 2.75) is 30.5 Å². The molecule has 1 saturated carbocycles. The van der Waals surface area contributed by atoms with E-state index in [4.69, 9.17) is 11.6 Å². The summed E-state index contributed by atoms with van der Waals surface area (Å²) in [7, 11) is 0. The highest BCUT2D eigenvalue weighted by molar-refractivity contribution is 9.09. The van der Waals surface area contributed by atoms with Crippen molar-refractivity contribution in [3.8, 4) is 0 Å². The van der Waals surface area contributed by atoms with Crippen LogP contribution in [-0.2, 0) is 0 Å². The van der Waals surface area contributed by atoms with Gasteiger partial charge in [-0.25, -0.2) is 4.39 Å². The van der Waals surface area contributed by atoms with Gasteiger partial charge >= 0.3 is 0 Å². The van der Waals surface area contributed by atoms with Crippen LogP contribution < -0.4 is 5.32 Å². The molecule has 2 atom stereocenters. The van der Waals surface area contributed by atoms with Crippen LogP contribution in [-0.4, -0.2) is 17.3 Å². The molecular formula is C14H16BrClFNO. The van der Waals surface area contributed by atoms with Crippen molar-refractivity contribution in [2.75, 3.05) is 6.54 Å². The second-order valence-corrected chi connectivity index (χ2v) is 6.48. The van der Waals surface area contributed by atoms with E-state index < -0.39 is 5.82 Å². The van der Waals surface area contributed by atoms with Crippen molar-refractivity contribution in [1.29, 1.82) is 0 Å². The molecule has 0 spiro atoms. The van der Waals surface area contributed by atoms with Gasteiger partial charge < -0.3 is 5.32 Å². The SMILES string of the molecule is O=C(NCC1CCCCC1Br)c1ccc(F)c(Cl)c1. The molecule has 1 aromatic carbocycles. The number of benzene rings is 1. The fraction of sp³-hybridized carbons (Fsp3) is 0.500. The summed E-state index contributed by atoms with van der Waals surface area (Å²) in [5, 5.41) is 2.87. The largest absolute Gasteiger partial charge is 0.352 e. The quantitative estimate of drug-likeness (QED) is 0.816. The van der Waals surface area contributed by atoms with Crippen LogP contribution in [0.25, 0.3) is 0 Å². The molecule has 0 saturated heterocycles. The fourth-order valence-corrected chi connectivity index (χ4v) is 3.31. The zero-order valence-electron chi connectivity index (χ0n) is 10.5. The minimum atomic E-state index is -0.508. The minimum Gasteiger partial charge on any atom is -0.352 e. The Labute approximate surface area is 125 Å². The van der Waals surface area contributed by atoms with Crippen LogP contribution in [0.15, 0.2) is 18.2 Å². The summed E-state index contributed by atoms with van der Waals surface area (Å²) in [6.45, 7) is 0.643. The summed E-state index contributed by atoms with van der Waals surface area (Å²) < 4.78 is 13.0. The van der Waals surface area contributed by atoms with Crippen molar-refractivity contribution in [1.82, 2.24) is 5.32 Å². The van der Waals surface area contributed by atoms with Crippen LogP contribution in [0.5, 0.6) is 0 Å². The second kappa shape index (κ2) is 6.71. The third-order valence-corrected chi connectivity index (χ3v) is 5.02. The van der Waals surface area contributed by atoms with Gasteiger partial charge in [0, 0.05) is 16.9 Å². The molecule has 1 aliphatic carbocycles. The molecule has 0 bridgehead atoms. The number of rotatable bonds is 3. The van der Waals surface area contributed by atoms with Crippen molar-refractivity contribution in [2.24, 2.45) is 5.92 Å². The molecule has 5 heteroatoms. The predicted molar refractivity (Wildman–Crippen MR) is 78.4 cm³/mol. The summed E-state index contributed by atoms with van der Waals surface area (Å²) >= 11 is 9.33. The Morgan fingerprint density at radius 1 is 1.42 bits per heavy atom. The Kier molecular flexibility index (Phi) is 5.22. The third kappa shape index (κ3) is 3.93. The molecular weight excluding hydrogens is 333 g/mol. The first-order chi connectivity index (χ1) is 9.08. The van der Waals surface area contributed by atoms with Gasteiger partial charge in [0.05, 0.1) is 5.02 Å². The van der Waals surface area contributed by atoms with Crippen molar-refractivity contribution < 1.29 is 9.18 Å². The van der Waals surface area contributed by atoms with Crippen LogP contribution in [0.1, 0.15) is 36.0 Å². The number of hydrogen-bond donors (Lipinski definition) is 1. The monoisotopic (exact) mass is 347 g/mol. The molecule has 1 aromatic rings. The molecule has 1 fully saturated rings. The number of amides is 1. The summed E-state index contributed by atoms with van der Waals surface area (Å²) in [5.41, 5.74) is 0.397. The van der Waals surface area contributed by atoms with E-state index in [1.807, 2.05) is 0 Å². The maximum absolute atomic E-state index is 13.0. The number of carbonyl (C=O) groups is 1. The van der Waals surface area contributed by atoms with E-state index in [2.05, 4.69) is 21.2 Å². The average Bonchev–Trinajstić information content (AvgIpc) is 2.40. The second-order valence-electron chi connectivity index (χ2n) is 4.90. The molecule has 1 aliphatic rings. The average molecular weight is 349 g/mol. The van der Waals surface area contributed by atoms with Crippen molar-refractivity contribution in [3.63, 3.8) is 0 Å². The van der Waals surface area contributed by atoms with Crippen molar-refractivity contribution in [3.05, 3.63) is 34.6 Å². The Bertz CT molecular complexity index is 469. The molecule has 1 N–H and O–H groups in total. The maximum Gasteiger partial charge on any atom is 0.251 e. The predicted octanol–water partition coefficient (Wildman–Crippen LogP) is 4.16. The number of carbonyl (C=O) groups excluding carboxylic acids is 1. The molecule has 0 radical (unpaired) electrons. The molecule has 2 nitrogen and oxygen atoms in total.